The second-order valence-corrected chi connectivity index (χ2v) is 5.39. The highest BCUT2D eigenvalue weighted by molar-refractivity contribution is 4.88. The molecule has 0 heterocycles. The van der Waals surface area contributed by atoms with Gasteiger partial charge in [0.05, 0.1) is 11.7 Å². The number of halogens is 2. The molecular formula is C12H24F2O3. The molecule has 0 aromatic heterocycles. The van der Waals surface area contributed by atoms with E-state index in [0.717, 1.165) is 6.92 Å². The lowest BCUT2D eigenvalue weighted by Gasteiger charge is -2.32. The second kappa shape index (κ2) is 5.59. The van der Waals surface area contributed by atoms with Gasteiger partial charge in [0, 0.05) is 6.42 Å². The highest BCUT2D eigenvalue weighted by atomic mass is 19.3. The molecule has 3 nitrogen and oxygen atoms in total. The first-order valence-electron chi connectivity index (χ1n) is 5.94. The van der Waals surface area contributed by atoms with Crippen LogP contribution in [-0.2, 0) is 0 Å². The van der Waals surface area contributed by atoms with Gasteiger partial charge in [0.25, 0.3) is 5.92 Å². The molecule has 2 unspecified atom stereocenters. The zero-order chi connectivity index (χ0) is 13.9. The lowest BCUT2D eigenvalue weighted by atomic mass is 9.88. The molecule has 3 N–H and O–H groups in total. The quantitative estimate of drug-likeness (QED) is 0.652. The van der Waals surface area contributed by atoms with E-state index >= 15 is 0 Å². The molecule has 0 saturated carbocycles. The summed E-state index contributed by atoms with van der Waals surface area (Å²) in [6.07, 6.45) is -1.10. The Bertz CT molecular complexity index is 234. The summed E-state index contributed by atoms with van der Waals surface area (Å²) in [7, 11) is 0. The fourth-order valence-electron chi connectivity index (χ4n) is 1.56. The Hall–Kier alpha value is -0.260. The van der Waals surface area contributed by atoms with Crippen LogP contribution in [0.1, 0.15) is 53.4 Å². The third-order valence-corrected chi connectivity index (χ3v) is 3.19. The Morgan fingerprint density at radius 1 is 1.12 bits per heavy atom. The minimum absolute atomic E-state index is 0.110. The summed E-state index contributed by atoms with van der Waals surface area (Å²) < 4.78 is 26.7. The maximum absolute atomic E-state index is 13.3. The first-order chi connectivity index (χ1) is 7.44. The largest absolute Gasteiger partial charge is 0.390 e. The molecule has 0 amide bonds. The molecular weight excluding hydrogens is 230 g/mol. The molecule has 5 heteroatoms. The molecule has 104 valence electrons. The van der Waals surface area contributed by atoms with Gasteiger partial charge in [-0.2, -0.15) is 0 Å². The predicted octanol–water partition coefficient (Wildman–Crippen LogP) is 2.08. The van der Waals surface area contributed by atoms with Gasteiger partial charge in [-0.15, -0.1) is 0 Å². The Kier molecular flexibility index (Phi) is 5.50. The van der Waals surface area contributed by atoms with Crippen LogP contribution in [-0.4, -0.2) is 38.5 Å². The average Bonchev–Trinajstić information content (AvgIpc) is 2.15. The van der Waals surface area contributed by atoms with E-state index < -0.39 is 29.6 Å². The molecule has 0 saturated heterocycles. The summed E-state index contributed by atoms with van der Waals surface area (Å²) in [6, 6.07) is 0. The minimum Gasteiger partial charge on any atom is -0.390 e. The van der Waals surface area contributed by atoms with E-state index in [2.05, 4.69) is 0 Å². The van der Waals surface area contributed by atoms with Gasteiger partial charge >= 0.3 is 0 Å². The summed E-state index contributed by atoms with van der Waals surface area (Å²) >= 11 is 0. The molecule has 0 aromatic carbocycles. The lowest BCUT2D eigenvalue weighted by molar-refractivity contribution is -0.177. The van der Waals surface area contributed by atoms with Crippen LogP contribution in [0.15, 0.2) is 0 Å². The minimum atomic E-state index is -3.13. The topological polar surface area (TPSA) is 60.7 Å². The van der Waals surface area contributed by atoms with Crippen LogP contribution in [0.25, 0.3) is 0 Å². The predicted molar refractivity (Wildman–Crippen MR) is 62.0 cm³/mol. The van der Waals surface area contributed by atoms with Gasteiger partial charge in [0.2, 0.25) is 0 Å². The van der Waals surface area contributed by atoms with Crippen LogP contribution in [0.5, 0.6) is 0 Å². The van der Waals surface area contributed by atoms with E-state index in [1.807, 2.05) is 0 Å². The standard InChI is InChI=1S/C12H24F2O3/c1-5-12(13,14)11(4,17)8-6-7-9(15)10(2,3)16/h9,15-17H,5-8H2,1-4H3. The highest BCUT2D eigenvalue weighted by Gasteiger charge is 2.46. The lowest BCUT2D eigenvalue weighted by Crippen LogP contribution is -2.45. The van der Waals surface area contributed by atoms with Gasteiger partial charge in [-0.3, -0.25) is 0 Å². The number of rotatable bonds is 7. The van der Waals surface area contributed by atoms with Crippen LogP contribution in [0.2, 0.25) is 0 Å². The van der Waals surface area contributed by atoms with Gasteiger partial charge in [0.1, 0.15) is 5.60 Å². The van der Waals surface area contributed by atoms with Crippen LogP contribution in [0.4, 0.5) is 8.78 Å². The van der Waals surface area contributed by atoms with E-state index in [0.29, 0.717) is 0 Å². The van der Waals surface area contributed by atoms with E-state index in [1.165, 1.54) is 20.8 Å². The number of hydrogen-bond donors (Lipinski definition) is 3. The summed E-state index contributed by atoms with van der Waals surface area (Å²) in [5.74, 6) is -3.13. The second-order valence-electron chi connectivity index (χ2n) is 5.39. The van der Waals surface area contributed by atoms with Gasteiger partial charge in [-0.05, 0) is 40.0 Å². The summed E-state index contributed by atoms with van der Waals surface area (Å²) in [6.45, 7) is 5.33. The van der Waals surface area contributed by atoms with Crippen molar-refractivity contribution in [2.24, 2.45) is 0 Å². The van der Waals surface area contributed by atoms with E-state index in [-0.39, 0.29) is 19.3 Å². The Morgan fingerprint density at radius 3 is 1.94 bits per heavy atom. The zero-order valence-corrected chi connectivity index (χ0v) is 11.0. The molecule has 0 rings (SSSR count). The molecule has 0 fully saturated rings. The van der Waals surface area contributed by atoms with Gasteiger partial charge in [-0.25, -0.2) is 8.78 Å². The summed E-state index contributed by atoms with van der Waals surface area (Å²) in [5, 5.41) is 28.6. The first kappa shape index (κ1) is 16.7. The monoisotopic (exact) mass is 254 g/mol. The van der Waals surface area contributed by atoms with Crippen molar-refractivity contribution < 1.29 is 24.1 Å². The third kappa shape index (κ3) is 4.85. The molecule has 0 aromatic rings. The molecule has 0 aliphatic rings. The first-order valence-corrected chi connectivity index (χ1v) is 5.94. The van der Waals surface area contributed by atoms with Gasteiger partial charge in [0.15, 0.2) is 0 Å². The number of hydrogen-bond acceptors (Lipinski definition) is 3. The zero-order valence-electron chi connectivity index (χ0n) is 11.0. The number of aliphatic hydroxyl groups is 3. The fraction of sp³-hybridized carbons (Fsp3) is 1.00. The molecule has 0 aliphatic carbocycles. The Balaban J connectivity index is 4.22. The molecule has 0 spiro atoms. The van der Waals surface area contributed by atoms with Crippen molar-refractivity contribution >= 4 is 0 Å². The maximum atomic E-state index is 13.3. The normalized spacial score (nSPS) is 18.9. The smallest absolute Gasteiger partial charge is 0.275 e. The van der Waals surface area contributed by atoms with Crippen molar-refractivity contribution in [3.63, 3.8) is 0 Å². The van der Waals surface area contributed by atoms with Crippen LogP contribution in [0.3, 0.4) is 0 Å². The van der Waals surface area contributed by atoms with Gasteiger partial charge in [-0.1, -0.05) is 6.92 Å². The fourth-order valence-corrected chi connectivity index (χ4v) is 1.56. The molecule has 2 atom stereocenters. The van der Waals surface area contributed by atoms with E-state index in [4.69, 9.17) is 0 Å². The summed E-state index contributed by atoms with van der Waals surface area (Å²) in [4.78, 5) is 0. The Morgan fingerprint density at radius 2 is 1.59 bits per heavy atom. The van der Waals surface area contributed by atoms with Gasteiger partial charge < -0.3 is 15.3 Å². The van der Waals surface area contributed by atoms with Crippen LogP contribution >= 0.6 is 0 Å². The van der Waals surface area contributed by atoms with E-state index in [9.17, 15) is 24.1 Å². The molecule has 0 radical (unpaired) electrons. The van der Waals surface area contributed by atoms with Crippen LogP contribution in [0, 0.1) is 0 Å². The third-order valence-electron chi connectivity index (χ3n) is 3.19. The van der Waals surface area contributed by atoms with Crippen molar-refractivity contribution in [3.8, 4) is 0 Å². The molecule has 0 aliphatic heterocycles. The summed E-state index contributed by atoms with van der Waals surface area (Å²) in [5.41, 5.74) is -3.32. The number of alkyl halides is 2. The Labute approximate surface area is 101 Å². The van der Waals surface area contributed by atoms with Crippen molar-refractivity contribution in [1.29, 1.82) is 0 Å². The number of aliphatic hydroxyl groups excluding tert-OH is 1. The van der Waals surface area contributed by atoms with Crippen molar-refractivity contribution in [2.45, 2.75) is 76.6 Å². The van der Waals surface area contributed by atoms with Crippen LogP contribution < -0.4 is 0 Å². The van der Waals surface area contributed by atoms with Crippen molar-refractivity contribution in [1.82, 2.24) is 0 Å². The van der Waals surface area contributed by atoms with Crippen molar-refractivity contribution in [2.75, 3.05) is 0 Å². The average molecular weight is 254 g/mol. The maximum Gasteiger partial charge on any atom is 0.275 e. The van der Waals surface area contributed by atoms with E-state index in [1.54, 1.807) is 0 Å². The SMILES string of the molecule is CCC(F)(F)C(C)(O)CCCC(O)C(C)(C)O. The molecule has 0 bridgehead atoms. The highest BCUT2D eigenvalue weighted by Crippen LogP contribution is 2.35. The van der Waals surface area contributed by atoms with Crippen molar-refractivity contribution in [3.05, 3.63) is 0 Å². The molecule has 17 heavy (non-hydrogen) atoms.